The second-order valence-corrected chi connectivity index (χ2v) is 26.3. The van der Waals surface area contributed by atoms with E-state index in [1.165, 1.54) is 23.1 Å². The Morgan fingerprint density at radius 1 is 0.462 bits per heavy atom. The van der Waals surface area contributed by atoms with Gasteiger partial charge in [-0.15, -0.1) is 0 Å². The van der Waals surface area contributed by atoms with Crippen molar-refractivity contribution in [3.05, 3.63) is 46.8 Å². The molecule has 6 aliphatic heterocycles. The monoisotopic (exact) mass is 1160 g/mol. The van der Waals surface area contributed by atoms with Gasteiger partial charge in [0.15, 0.2) is 23.1 Å². The summed E-state index contributed by atoms with van der Waals surface area (Å²) in [4.78, 5) is 0. The predicted molar refractivity (Wildman–Crippen MR) is 269 cm³/mol. The molecule has 0 amide bonds. The second-order valence-electron chi connectivity index (χ2n) is 23.2. The van der Waals surface area contributed by atoms with Gasteiger partial charge in [-0.3, -0.25) is 0 Å². The minimum atomic E-state index is -5.61. The molecule has 0 N–H and O–H groups in total. The number of allylic oxidation sites excluding steroid dienone is 4. The number of rotatable bonds is 6. The Morgan fingerprint density at radius 2 is 0.795 bits per heavy atom. The summed E-state index contributed by atoms with van der Waals surface area (Å²) in [5.41, 5.74) is -9.52. The molecule has 0 aromatic heterocycles. The van der Waals surface area contributed by atoms with E-state index in [0.717, 1.165) is 25.7 Å². The summed E-state index contributed by atoms with van der Waals surface area (Å²) in [5.74, 6) is -3.13. The Bertz CT molecular complexity index is 2440. The summed E-state index contributed by atoms with van der Waals surface area (Å²) < 4.78 is 195. The summed E-state index contributed by atoms with van der Waals surface area (Å²) >= 11 is 0. The van der Waals surface area contributed by atoms with E-state index in [2.05, 4.69) is 89.8 Å². The van der Waals surface area contributed by atoms with Gasteiger partial charge in [-0.05, 0) is 91.3 Å². The molecule has 18 nitrogen and oxygen atoms in total. The van der Waals surface area contributed by atoms with Gasteiger partial charge in [0.2, 0.25) is 0 Å². The SMILES string of the molecule is CC1C=C(B2OC(C)(C)C(C)(C)O2)CCC12OCCO2.CC1C=C(OS(=O)(=O)C(F)(F)F)CCC12OCCO2.CC1CC(B2OC(C)(C)C(C)(C)O2)=CCC12OCCO2.CC1CC(OS(=O)(=O)C(F)(F)F)=CCC12OCCO2. The maximum absolute atomic E-state index is 12.2. The van der Waals surface area contributed by atoms with Gasteiger partial charge in [0, 0.05) is 62.2 Å². The van der Waals surface area contributed by atoms with Crippen molar-refractivity contribution in [2.45, 2.75) is 191 Å². The summed E-state index contributed by atoms with van der Waals surface area (Å²) in [6.07, 6.45) is 10.9. The van der Waals surface area contributed by atoms with Crippen molar-refractivity contribution >= 4 is 34.5 Å². The third-order valence-electron chi connectivity index (χ3n) is 16.8. The van der Waals surface area contributed by atoms with Crippen LogP contribution >= 0.6 is 0 Å². The average molecular weight is 1160 g/mol. The van der Waals surface area contributed by atoms with Crippen LogP contribution in [0.25, 0.3) is 0 Å². The zero-order chi connectivity index (χ0) is 57.8. The molecule has 4 atom stereocenters. The van der Waals surface area contributed by atoms with E-state index in [1.54, 1.807) is 13.8 Å². The lowest BCUT2D eigenvalue weighted by atomic mass is 9.68. The molecule has 10 rings (SSSR count). The standard InChI is InChI=1S/2C15H25BO4.2C10H13F3O5S/c2*1-11-10-12(6-7-15(11)17-8-9-18-15)16-19-13(2,3)14(4,5)20-16;2*1-7-6-8(18-19(14,15)10(11,12)13)2-3-9(7)16-4-5-17-9/h10-11H,6-9H2,1-5H3;6,11H,7-10H2,1-5H3;6-7H,2-5H2,1H3;2,7H,3-6H2,1H3. The topological polar surface area (TPSA) is 197 Å². The van der Waals surface area contributed by atoms with E-state index >= 15 is 0 Å². The fraction of sp³-hybridized carbons (Fsp3) is 0.840. The van der Waals surface area contributed by atoms with E-state index in [9.17, 15) is 43.2 Å². The molecule has 4 aliphatic carbocycles. The number of halogens is 6. The van der Waals surface area contributed by atoms with Gasteiger partial charge in [0.1, 0.15) is 11.5 Å². The lowest BCUT2D eigenvalue weighted by Crippen LogP contribution is -2.41. The van der Waals surface area contributed by atoms with Crippen LogP contribution in [-0.2, 0) is 85.1 Å². The van der Waals surface area contributed by atoms with E-state index < -0.39 is 54.4 Å². The minimum Gasteiger partial charge on any atom is -0.400 e. The molecular formula is C50H76B2F6O18S2. The van der Waals surface area contributed by atoms with Crippen molar-refractivity contribution in [1.29, 1.82) is 0 Å². The molecule has 6 heterocycles. The highest BCUT2D eigenvalue weighted by atomic mass is 32.2. The predicted octanol–water partition coefficient (Wildman–Crippen LogP) is 9.25. The first-order valence-electron chi connectivity index (χ1n) is 26.5. The normalized spacial score (nSPS) is 31.1. The smallest absolute Gasteiger partial charge is 0.400 e. The van der Waals surface area contributed by atoms with Crippen molar-refractivity contribution in [3.8, 4) is 0 Å². The molecule has 4 unspecified atom stereocenters. The first-order valence-corrected chi connectivity index (χ1v) is 29.3. The molecule has 28 heteroatoms. The Balaban J connectivity index is 0.000000151. The molecule has 444 valence electrons. The maximum atomic E-state index is 12.2. The Labute approximate surface area is 455 Å². The number of alkyl halides is 6. The van der Waals surface area contributed by atoms with Crippen LogP contribution in [0.3, 0.4) is 0 Å². The third kappa shape index (κ3) is 13.2. The first-order chi connectivity index (χ1) is 35.8. The lowest BCUT2D eigenvalue weighted by molar-refractivity contribution is -0.193. The third-order valence-corrected chi connectivity index (χ3v) is 18.8. The van der Waals surface area contributed by atoms with E-state index in [-0.39, 0.29) is 91.6 Å². The van der Waals surface area contributed by atoms with Crippen LogP contribution in [0.15, 0.2) is 46.8 Å². The lowest BCUT2D eigenvalue weighted by Gasteiger charge is -2.37. The molecule has 4 spiro atoms. The molecule has 0 aromatic rings. The second kappa shape index (κ2) is 22.7. The summed E-state index contributed by atoms with van der Waals surface area (Å²) in [6, 6.07) is 0. The molecule has 6 saturated heterocycles. The van der Waals surface area contributed by atoms with Crippen LogP contribution in [0, 0.1) is 23.7 Å². The average Bonchev–Trinajstić information content (AvgIpc) is 4.25. The highest BCUT2D eigenvalue weighted by Gasteiger charge is 2.57. The highest BCUT2D eigenvalue weighted by Crippen LogP contribution is 2.48. The molecule has 6 fully saturated rings. The van der Waals surface area contributed by atoms with Crippen molar-refractivity contribution < 1.29 is 108 Å². The molecule has 0 saturated carbocycles. The molecule has 0 radical (unpaired) electrons. The van der Waals surface area contributed by atoms with Gasteiger partial charge < -0.3 is 64.9 Å². The van der Waals surface area contributed by atoms with E-state index in [0.29, 0.717) is 58.8 Å². The van der Waals surface area contributed by atoms with E-state index in [4.69, 9.17) is 56.5 Å². The zero-order valence-electron chi connectivity index (χ0n) is 46.5. The van der Waals surface area contributed by atoms with Gasteiger partial charge >= 0.3 is 45.5 Å². The number of ether oxygens (including phenoxy) is 8. The molecule has 10 aliphatic rings. The van der Waals surface area contributed by atoms with Crippen LogP contribution in [0.5, 0.6) is 0 Å². The van der Waals surface area contributed by atoms with Crippen LogP contribution < -0.4 is 0 Å². The van der Waals surface area contributed by atoms with Crippen LogP contribution in [-0.4, -0.2) is 140 Å². The van der Waals surface area contributed by atoms with Crippen molar-refractivity contribution in [3.63, 3.8) is 0 Å². The number of hydrogen-bond donors (Lipinski definition) is 0. The van der Waals surface area contributed by atoms with Crippen molar-refractivity contribution in [2.24, 2.45) is 23.7 Å². The van der Waals surface area contributed by atoms with Gasteiger partial charge in [-0.2, -0.15) is 43.2 Å². The zero-order valence-corrected chi connectivity index (χ0v) is 48.2. The highest BCUT2D eigenvalue weighted by molar-refractivity contribution is 7.88. The van der Waals surface area contributed by atoms with Crippen LogP contribution in [0.4, 0.5) is 26.3 Å². The Kier molecular flexibility index (Phi) is 18.4. The molecule has 0 bridgehead atoms. The van der Waals surface area contributed by atoms with Gasteiger partial charge in [0.05, 0.1) is 75.3 Å². The fourth-order valence-electron chi connectivity index (χ4n) is 10.5. The van der Waals surface area contributed by atoms with Crippen molar-refractivity contribution in [2.75, 3.05) is 52.9 Å². The van der Waals surface area contributed by atoms with Crippen molar-refractivity contribution in [1.82, 2.24) is 0 Å². The quantitative estimate of drug-likeness (QED) is 0.105. The first kappa shape index (κ1) is 63.3. The molecule has 78 heavy (non-hydrogen) atoms. The summed E-state index contributed by atoms with van der Waals surface area (Å²) in [5, 5.41) is 0. The Morgan fingerprint density at radius 3 is 1.15 bits per heavy atom. The van der Waals surface area contributed by atoms with E-state index in [1.807, 2.05) is 0 Å². The summed E-state index contributed by atoms with van der Waals surface area (Å²) in [6.45, 7) is 28.9. The van der Waals surface area contributed by atoms with Crippen LogP contribution in [0.1, 0.15) is 134 Å². The summed E-state index contributed by atoms with van der Waals surface area (Å²) in [7, 11) is -11.7. The van der Waals surface area contributed by atoms with Gasteiger partial charge in [0.25, 0.3) is 0 Å². The molecule has 0 aromatic carbocycles. The maximum Gasteiger partial charge on any atom is 0.534 e. The van der Waals surface area contributed by atoms with Gasteiger partial charge in [-0.25, -0.2) is 0 Å². The van der Waals surface area contributed by atoms with Crippen LogP contribution in [0.2, 0.25) is 0 Å². The minimum absolute atomic E-state index is 0.00924. The Hall–Kier alpha value is -2.31. The number of hydrogen-bond acceptors (Lipinski definition) is 18. The largest absolute Gasteiger partial charge is 0.534 e. The van der Waals surface area contributed by atoms with Gasteiger partial charge in [-0.1, -0.05) is 39.8 Å². The fourth-order valence-corrected chi connectivity index (χ4v) is 11.6. The molecular weight excluding hydrogens is 1090 g/mol.